The number of carbonyl (C=O) groups excluding carboxylic acids is 1. The second kappa shape index (κ2) is 6.89. The number of hydrogen-bond donors (Lipinski definition) is 1. The molecule has 0 spiro atoms. The lowest BCUT2D eigenvalue weighted by Gasteiger charge is -2.02. The summed E-state index contributed by atoms with van der Waals surface area (Å²) < 4.78 is 12.1. The molecule has 0 unspecified atom stereocenters. The first-order chi connectivity index (χ1) is 12.7. The Morgan fingerprint density at radius 1 is 1.19 bits per heavy atom. The van der Waals surface area contributed by atoms with Gasteiger partial charge >= 0.3 is 0 Å². The molecule has 8 heteroatoms. The van der Waals surface area contributed by atoms with Crippen LogP contribution in [0.25, 0.3) is 11.5 Å². The topological polar surface area (TPSA) is 86.1 Å². The number of nitrogens with one attached hydrogen (secondary N) is 1. The van der Waals surface area contributed by atoms with Gasteiger partial charge in [0.25, 0.3) is 5.91 Å². The molecule has 0 bridgehead atoms. The van der Waals surface area contributed by atoms with Crippen LogP contribution in [0.3, 0.4) is 0 Å². The number of amides is 1. The number of benzene rings is 1. The molecule has 7 nitrogen and oxygen atoms in total. The van der Waals surface area contributed by atoms with Gasteiger partial charge in [-0.05, 0) is 29.8 Å². The summed E-state index contributed by atoms with van der Waals surface area (Å²) in [6.45, 7) is 0.569. The lowest BCUT2D eigenvalue weighted by Crippen LogP contribution is -2.11. The zero-order valence-corrected chi connectivity index (χ0v) is 14.2. The van der Waals surface area contributed by atoms with Crippen LogP contribution in [0.4, 0.5) is 5.69 Å². The Labute approximate surface area is 153 Å². The number of hydrogen-bond acceptors (Lipinski definition) is 5. The summed E-state index contributed by atoms with van der Waals surface area (Å²) in [5, 5.41) is 11.4. The summed E-state index contributed by atoms with van der Waals surface area (Å²) in [5.41, 5.74) is 1.77. The third kappa shape index (κ3) is 3.52. The highest BCUT2D eigenvalue weighted by Crippen LogP contribution is 2.21. The normalized spacial score (nSPS) is 10.8. The predicted molar refractivity (Wildman–Crippen MR) is 94.9 cm³/mol. The zero-order chi connectivity index (χ0) is 17.9. The Balaban J connectivity index is 1.42. The molecule has 1 aromatic carbocycles. The zero-order valence-electron chi connectivity index (χ0n) is 13.4. The molecule has 4 aromatic rings. The Kier molecular flexibility index (Phi) is 4.28. The molecular weight excluding hydrogens is 356 g/mol. The SMILES string of the molecule is O=C(Nc1cnn(Cc2ccc(Cl)cc2)c1)c1cc(-c2ccco2)on1. The predicted octanol–water partition coefficient (Wildman–Crippen LogP) is 4.09. The minimum atomic E-state index is -0.391. The summed E-state index contributed by atoms with van der Waals surface area (Å²) >= 11 is 5.88. The van der Waals surface area contributed by atoms with Crippen LogP contribution in [-0.2, 0) is 6.54 Å². The van der Waals surface area contributed by atoms with E-state index in [1.807, 2.05) is 24.3 Å². The van der Waals surface area contributed by atoms with Crippen LogP contribution in [-0.4, -0.2) is 20.8 Å². The van der Waals surface area contributed by atoms with Gasteiger partial charge in [-0.25, -0.2) is 0 Å². The van der Waals surface area contributed by atoms with E-state index in [2.05, 4.69) is 15.6 Å². The molecule has 0 aliphatic heterocycles. The molecule has 26 heavy (non-hydrogen) atoms. The fraction of sp³-hybridized carbons (Fsp3) is 0.0556. The first-order valence-electron chi connectivity index (χ1n) is 7.76. The minimum absolute atomic E-state index is 0.154. The van der Waals surface area contributed by atoms with E-state index >= 15 is 0 Å². The minimum Gasteiger partial charge on any atom is -0.461 e. The van der Waals surface area contributed by atoms with Crippen molar-refractivity contribution in [3.05, 3.63) is 77.4 Å². The van der Waals surface area contributed by atoms with Crippen LogP contribution in [0.5, 0.6) is 0 Å². The smallest absolute Gasteiger partial charge is 0.277 e. The van der Waals surface area contributed by atoms with Gasteiger partial charge in [0, 0.05) is 17.3 Å². The number of aromatic nitrogens is 3. The maximum absolute atomic E-state index is 12.3. The van der Waals surface area contributed by atoms with Crippen molar-refractivity contribution in [1.29, 1.82) is 0 Å². The molecule has 3 aromatic heterocycles. The molecular formula is C18H13ClN4O3. The average molecular weight is 369 g/mol. The van der Waals surface area contributed by atoms with Crippen LogP contribution in [0.1, 0.15) is 16.1 Å². The van der Waals surface area contributed by atoms with E-state index in [4.69, 9.17) is 20.5 Å². The van der Waals surface area contributed by atoms with Crippen molar-refractivity contribution in [2.24, 2.45) is 0 Å². The third-order valence-electron chi connectivity index (χ3n) is 3.66. The summed E-state index contributed by atoms with van der Waals surface area (Å²) in [6.07, 6.45) is 4.83. The number of furan rings is 1. The number of nitrogens with zero attached hydrogens (tertiary/aromatic N) is 3. The number of halogens is 1. The molecule has 1 N–H and O–H groups in total. The van der Waals surface area contributed by atoms with Crippen molar-refractivity contribution in [1.82, 2.24) is 14.9 Å². The Morgan fingerprint density at radius 2 is 2.04 bits per heavy atom. The largest absolute Gasteiger partial charge is 0.461 e. The van der Waals surface area contributed by atoms with Gasteiger partial charge in [-0.1, -0.05) is 28.9 Å². The first kappa shape index (κ1) is 16.2. The Bertz CT molecular complexity index is 1020. The molecule has 0 fully saturated rings. The second-order valence-electron chi connectivity index (χ2n) is 5.56. The standard InChI is InChI=1S/C18H13ClN4O3/c19-13-5-3-12(4-6-13)10-23-11-14(9-20-23)21-18(24)15-8-17(26-22-15)16-2-1-7-25-16/h1-9,11H,10H2,(H,21,24). The van der Waals surface area contributed by atoms with Crippen LogP contribution in [0.15, 0.2) is 70.1 Å². The van der Waals surface area contributed by atoms with Gasteiger partial charge < -0.3 is 14.3 Å². The van der Waals surface area contributed by atoms with E-state index in [1.165, 1.54) is 12.3 Å². The third-order valence-corrected chi connectivity index (χ3v) is 3.91. The van der Waals surface area contributed by atoms with Gasteiger partial charge in [0.05, 0.1) is 24.7 Å². The highest BCUT2D eigenvalue weighted by Gasteiger charge is 2.16. The highest BCUT2D eigenvalue weighted by atomic mass is 35.5. The molecule has 4 rings (SSSR count). The molecule has 1 amide bonds. The highest BCUT2D eigenvalue weighted by molar-refractivity contribution is 6.30. The molecule has 0 atom stereocenters. The quantitative estimate of drug-likeness (QED) is 0.573. The van der Waals surface area contributed by atoms with E-state index in [-0.39, 0.29) is 5.69 Å². The number of anilines is 1. The van der Waals surface area contributed by atoms with Crippen molar-refractivity contribution in [3.63, 3.8) is 0 Å². The molecule has 0 aliphatic rings. The van der Waals surface area contributed by atoms with Crippen LogP contribution in [0.2, 0.25) is 5.02 Å². The fourth-order valence-corrected chi connectivity index (χ4v) is 2.53. The summed E-state index contributed by atoms with van der Waals surface area (Å²) in [6, 6.07) is 12.5. The fourth-order valence-electron chi connectivity index (χ4n) is 2.40. The van der Waals surface area contributed by atoms with Crippen LogP contribution < -0.4 is 5.32 Å². The lowest BCUT2D eigenvalue weighted by atomic mass is 10.2. The maximum Gasteiger partial charge on any atom is 0.277 e. The Morgan fingerprint density at radius 3 is 2.81 bits per heavy atom. The summed E-state index contributed by atoms with van der Waals surface area (Å²) in [5.74, 6) is 0.503. The maximum atomic E-state index is 12.3. The first-order valence-corrected chi connectivity index (χ1v) is 8.14. The van der Waals surface area contributed by atoms with Gasteiger partial charge in [-0.2, -0.15) is 5.10 Å². The van der Waals surface area contributed by atoms with E-state index in [1.54, 1.807) is 29.2 Å². The Hall–Kier alpha value is -3.32. The lowest BCUT2D eigenvalue weighted by molar-refractivity contribution is 0.101. The monoisotopic (exact) mass is 368 g/mol. The number of carbonyl (C=O) groups is 1. The van der Waals surface area contributed by atoms with E-state index in [0.29, 0.717) is 28.8 Å². The average Bonchev–Trinajstić information content (AvgIpc) is 3.38. The van der Waals surface area contributed by atoms with Gasteiger partial charge in [0.1, 0.15) is 0 Å². The molecule has 0 aliphatic carbocycles. The van der Waals surface area contributed by atoms with E-state index < -0.39 is 5.91 Å². The van der Waals surface area contributed by atoms with E-state index in [9.17, 15) is 4.79 Å². The van der Waals surface area contributed by atoms with Crippen LogP contribution in [0, 0.1) is 0 Å². The molecule has 0 saturated carbocycles. The van der Waals surface area contributed by atoms with Crippen molar-refractivity contribution in [2.75, 3.05) is 5.32 Å². The van der Waals surface area contributed by atoms with Crippen LogP contribution >= 0.6 is 11.6 Å². The molecule has 3 heterocycles. The van der Waals surface area contributed by atoms with Gasteiger partial charge in [0.2, 0.25) is 5.76 Å². The van der Waals surface area contributed by atoms with Crippen molar-refractivity contribution in [3.8, 4) is 11.5 Å². The van der Waals surface area contributed by atoms with Gasteiger partial charge in [-0.3, -0.25) is 9.48 Å². The summed E-state index contributed by atoms with van der Waals surface area (Å²) in [7, 11) is 0. The molecule has 130 valence electrons. The van der Waals surface area contributed by atoms with Crippen molar-refractivity contribution in [2.45, 2.75) is 6.54 Å². The second-order valence-corrected chi connectivity index (χ2v) is 6.00. The molecule has 0 saturated heterocycles. The van der Waals surface area contributed by atoms with E-state index in [0.717, 1.165) is 5.56 Å². The van der Waals surface area contributed by atoms with Gasteiger partial charge in [-0.15, -0.1) is 0 Å². The van der Waals surface area contributed by atoms with Gasteiger partial charge in [0.15, 0.2) is 11.5 Å². The summed E-state index contributed by atoms with van der Waals surface area (Å²) in [4.78, 5) is 12.3. The van der Waals surface area contributed by atoms with Crippen molar-refractivity contribution >= 4 is 23.2 Å². The number of rotatable bonds is 5. The van der Waals surface area contributed by atoms with Crippen molar-refractivity contribution < 1.29 is 13.7 Å². The molecule has 0 radical (unpaired) electrons.